The van der Waals surface area contributed by atoms with E-state index in [1.807, 2.05) is 12.1 Å². The van der Waals surface area contributed by atoms with Crippen LogP contribution in [-0.2, 0) is 6.42 Å². The van der Waals surface area contributed by atoms with Crippen LogP contribution in [0.2, 0.25) is 0 Å². The van der Waals surface area contributed by atoms with Crippen molar-refractivity contribution in [2.45, 2.75) is 6.42 Å². The average molecular weight is 254 g/mol. The summed E-state index contributed by atoms with van der Waals surface area (Å²) in [5.74, 6) is 0.904. The summed E-state index contributed by atoms with van der Waals surface area (Å²) in [7, 11) is 0. The molecule has 0 aromatic carbocycles. The van der Waals surface area contributed by atoms with E-state index in [4.69, 9.17) is 0 Å². The normalized spacial score (nSPS) is 12.2. The van der Waals surface area contributed by atoms with Gasteiger partial charge in [-0.2, -0.15) is 5.10 Å². The third-order valence-electron chi connectivity index (χ3n) is 3.14. The topological polar surface area (TPSA) is 53.6 Å². The van der Waals surface area contributed by atoms with Crippen LogP contribution in [0, 0.1) is 0 Å². The third kappa shape index (κ3) is 1.37. The zero-order valence-corrected chi connectivity index (χ0v) is 10.3. The number of H-pyrrole nitrogens is 1. The highest BCUT2D eigenvalue weighted by Gasteiger charge is 2.25. The van der Waals surface area contributed by atoms with Gasteiger partial charge in [-0.05, 0) is 23.6 Å². The first-order valence-corrected chi connectivity index (χ1v) is 6.61. The van der Waals surface area contributed by atoms with Gasteiger partial charge in [0.2, 0.25) is 0 Å². The predicted octanol–water partition coefficient (Wildman–Crippen LogP) is 3.18. The van der Waals surface area contributed by atoms with Crippen molar-refractivity contribution >= 4 is 22.8 Å². The summed E-state index contributed by atoms with van der Waals surface area (Å²) in [6.07, 6.45) is 4.52. The van der Waals surface area contributed by atoms with Crippen LogP contribution < -0.4 is 5.32 Å². The fourth-order valence-corrected chi connectivity index (χ4v) is 3.19. The van der Waals surface area contributed by atoms with E-state index in [0.717, 1.165) is 23.6 Å². The van der Waals surface area contributed by atoms with Crippen molar-refractivity contribution < 1.29 is 0 Å². The average Bonchev–Trinajstić information content (AvgIpc) is 3.04. The lowest BCUT2D eigenvalue weighted by molar-refractivity contribution is 1.09. The summed E-state index contributed by atoms with van der Waals surface area (Å²) in [5, 5.41) is 12.9. The van der Waals surface area contributed by atoms with E-state index in [0.29, 0.717) is 0 Å². The molecule has 0 atom stereocenters. The number of aromatic nitrogens is 3. The molecule has 5 heteroatoms. The summed E-state index contributed by atoms with van der Waals surface area (Å²) in [5.41, 5.74) is 4.65. The van der Waals surface area contributed by atoms with Crippen LogP contribution in [0.3, 0.4) is 0 Å². The van der Waals surface area contributed by atoms with Gasteiger partial charge in [-0.25, -0.2) is 0 Å². The summed E-state index contributed by atoms with van der Waals surface area (Å²) < 4.78 is 0. The van der Waals surface area contributed by atoms with E-state index in [1.165, 1.54) is 16.0 Å². The molecule has 88 valence electrons. The van der Waals surface area contributed by atoms with Crippen LogP contribution in [0.1, 0.15) is 10.4 Å². The molecular formula is C13H10N4S. The number of nitrogens with one attached hydrogen (secondary N) is 2. The Kier molecular flexibility index (Phi) is 2.01. The maximum Gasteiger partial charge on any atom is 0.156 e. The van der Waals surface area contributed by atoms with Gasteiger partial charge >= 0.3 is 0 Å². The largest absolute Gasteiger partial charge is 0.337 e. The van der Waals surface area contributed by atoms with Gasteiger partial charge in [0.25, 0.3) is 0 Å². The SMILES string of the molecule is c1cncc(Nc2n[nH]c3c2Cc2sccc2-3)c1. The lowest BCUT2D eigenvalue weighted by Crippen LogP contribution is -1.94. The molecule has 0 saturated heterocycles. The summed E-state index contributed by atoms with van der Waals surface area (Å²) in [4.78, 5) is 5.50. The minimum absolute atomic E-state index is 0.904. The van der Waals surface area contributed by atoms with E-state index in [2.05, 4.69) is 31.9 Å². The van der Waals surface area contributed by atoms with Gasteiger partial charge < -0.3 is 5.32 Å². The Hall–Kier alpha value is -2.14. The zero-order valence-electron chi connectivity index (χ0n) is 9.47. The Bertz CT molecular complexity index is 699. The predicted molar refractivity (Wildman–Crippen MR) is 72.2 cm³/mol. The number of pyridine rings is 1. The molecule has 0 spiro atoms. The van der Waals surface area contributed by atoms with Crippen LogP contribution in [0.5, 0.6) is 0 Å². The number of hydrogen-bond acceptors (Lipinski definition) is 4. The van der Waals surface area contributed by atoms with Gasteiger partial charge in [-0.3, -0.25) is 10.1 Å². The lowest BCUT2D eigenvalue weighted by atomic mass is 10.2. The monoisotopic (exact) mass is 254 g/mol. The van der Waals surface area contributed by atoms with E-state index in [9.17, 15) is 0 Å². The molecule has 4 rings (SSSR count). The van der Waals surface area contributed by atoms with E-state index in [-0.39, 0.29) is 0 Å². The van der Waals surface area contributed by atoms with Crippen LogP contribution in [0.25, 0.3) is 11.3 Å². The number of anilines is 2. The second-order valence-corrected chi connectivity index (χ2v) is 5.23. The van der Waals surface area contributed by atoms with E-state index < -0.39 is 0 Å². The Labute approximate surface area is 108 Å². The quantitative estimate of drug-likeness (QED) is 0.577. The Morgan fingerprint density at radius 2 is 2.33 bits per heavy atom. The number of nitrogens with zero attached hydrogens (tertiary/aromatic N) is 2. The van der Waals surface area contributed by atoms with Crippen molar-refractivity contribution in [2.24, 2.45) is 0 Å². The molecule has 0 fully saturated rings. The van der Waals surface area contributed by atoms with Crippen molar-refractivity contribution in [3.8, 4) is 11.3 Å². The van der Waals surface area contributed by atoms with Crippen LogP contribution >= 0.6 is 11.3 Å². The molecule has 0 radical (unpaired) electrons. The van der Waals surface area contributed by atoms with Gasteiger partial charge in [0.15, 0.2) is 5.82 Å². The first-order valence-electron chi connectivity index (χ1n) is 5.73. The zero-order chi connectivity index (χ0) is 11.9. The molecule has 2 N–H and O–H groups in total. The maximum atomic E-state index is 4.35. The van der Waals surface area contributed by atoms with Gasteiger partial charge in [0.05, 0.1) is 17.6 Å². The molecule has 0 aliphatic heterocycles. The molecular weight excluding hydrogens is 244 g/mol. The number of fused-ring (bicyclic) bond motifs is 3. The molecule has 18 heavy (non-hydrogen) atoms. The smallest absolute Gasteiger partial charge is 0.156 e. The minimum atomic E-state index is 0.904. The van der Waals surface area contributed by atoms with Crippen molar-refractivity contribution in [1.29, 1.82) is 0 Å². The molecule has 1 aliphatic rings. The summed E-state index contributed by atoms with van der Waals surface area (Å²) in [6, 6.07) is 6.04. The molecule has 0 saturated carbocycles. The highest BCUT2D eigenvalue weighted by atomic mass is 32.1. The molecule has 3 heterocycles. The van der Waals surface area contributed by atoms with Crippen molar-refractivity contribution in [2.75, 3.05) is 5.32 Å². The van der Waals surface area contributed by atoms with Crippen molar-refractivity contribution in [1.82, 2.24) is 15.2 Å². The summed E-state index contributed by atoms with van der Waals surface area (Å²) >= 11 is 1.80. The molecule has 3 aromatic heterocycles. The number of hydrogen-bond donors (Lipinski definition) is 2. The van der Waals surface area contributed by atoms with Gasteiger partial charge in [0.1, 0.15) is 0 Å². The van der Waals surface area contributed by atoms with Crippen LogP contribution in [0.15, 0.2) is 36.0 Å². The standard InChI is InChI=1S/C13H10N4S/c1-2-8(7-14-4-1)15-13-10-6-11-9(3-5-18-11)12(10)16-17-13/h1-5,7H,6H2,(H2,15,16,17). The molecule has 0 bridgehead atoms. The number of rotatable bonds is 2. The second-order valence-electron chi connectivity index (χ2n) is 4.23. The number of thiophene rings is 1. The van der Waals surface area contributed by atoms with Crippen molar-refractivity contribution in [3.63, 3.8) is 0 Å². The maximum absolute atomic E-state index is 4.35. The van der Waals surface area contributed by atoms with Crippen LogP contribution in [-0.4, -0.2) is 15.2 Å². The summed E-state index contributed by atoms with van der Waals surface area (Å²) in [6.45, 7) is 0. The fraction of sp³-hybridized carbons (Fsp3) is 0.0769. The second kappa shape index (κ2) is 3.68. The van der Waals surface area contributed by atoms with E-state index >= 15 is 0 Å². The fourth-order valence-electron chi connectivity index (χ4n) is 2.30. The first-order chi connectivity index (χ1) is 8.92. The molecule has 3 aromatic rings. The minimum Gasteiger partial charge on any atom is -0.337 e. The van der Waals surface area contributed by atoms with Gasteiger partial charge in [0, 0.05) is 28.6 Å². The highest BCUT2D eigenvalue weighted by Crippen LogP contribution is 2.41. The van der Waals surface area contributed by atoms with Crippen molar-refractivity contribution in [3.05, 3.63) is 46.4 Å². The Balaban J connectivity index is 1.72. The Morgan fingerprint density at radius 1 is 1.33 bits per heavy atom. The molecule has 4 nitrogen and oxygen atoms in total. The molecule has 1 aliphatic carbocycles. The molecule has 0 amide bonds. The third-order valence-corrected chi connectivity index (χ3v) is 4.06. The van der Waals surface area contributed by atoms with Crippen LogP contribution in [0.4, 0.5) is 11.5 Å². The highest BCUT2D eigenvalue weighted by molar-refractivity contribution is 7.10. The van der Waals surface area contributed by atoms with E-state index in [1.54, 1.807) is 23.7 Å². The van der Waals surface area contributed by atoms with Gasteiger partial charge in [-0.1, -0.05) is 0 Å². The Morgan fingerprint density at radius 3 is 3.22 bits per heavy atom. The van der Waals surface area contributed by atoms with Gasteiger partial charge in [-0.15, -0.1) is 11.3 Å². The first kappa shape index (κ1) is 9.85. The lowest BCUT2D eigenvalue weighted by Gasteiger charge is -2.03. The number of aromatic amines is 1. The molecule has 0 unspecified atom stereocenters.